The SMILES string of the molecule is CCCOC(=O)C(C)Oc1ccc(Cl)cc1. The molecule has 1 rings (SSSR count). The van der Waals surface area contributed by atoms with Crippen molar-refractivity contribution in [2.75, 3.05) is 6.61 Å². The van der Waals surface area contributed by atoms with Gasteiger partial charge in [0, 0.05) is 5.02 Å². The topological polar surface area (TPSA) is 35.5 Å². The largest absolute Gasteiger partial charge is 0.479 e. The maximum Gasteiger partial charge on any atom is 0.347 e. The van der Waals surface area contributed by atoms with Crippen LogP contribution in [-0.2, 0) is 9.53 Å². The van der Waals surface area contributed by atoms with Gasteiger partial charge in [-0.3, -0.25) is 0 Å². The Morgan fingerprint density at radius 2 is 2.00 bits per heavy atom. The highest BCUT2D eigenvalue weighted by atomic mass is 35.5. The Morgan fingerprint density at radius 1 is 1.38 bits per heavy atom. The summed E-state index contributed by atoms with van der Waals surface area (Å²) in [5.41, 5.74) is 0. The molecule has 1 atom stereocenters. The van der Waals surface area contributed by atoms with Crippen molar-refractivity contribution >= 4 is 17.6 Å². The van der Waals surface area contributed by atoms with E-state index in [9.17, 15) is 4.79 Å². The maximum absolute atomic E-state index is 11.4. The average Bonchev–Trinajstić information content (AvgIpc) is 2.29. The fourth-order valence-corrected chi connectivity index (χ4v) is 1.21. The molecule has 0 aromatic heterocycles. The lowest BCUT2D eigenvalue weighted by molar-refractivity contribution is -0.151. The second kappa shape index (κ2) is 6.38. The van der Waals surface area contributed by atoms with Gasteiger partial charge in [-0.25, -0.2) is 4.79 Å². The molecule has 16 heavy (non-hydrogen) atoms. The predicted molar refractivity (Wildman–Crippen MR) is 62.8 cm³/mol. The molecule has 0 heterocycles. The molecule has 0 aliphatic carbocycles. The zero-order valence-electron chi connectivity index (χ0n) is 9.40. The lowest BCUT2D eigenvalue weighted by Crippen LogP contribution is -2.26. The van der Waals surface area contributed by atoms with Gasteiger partial charge in [0.05, 0.1) is 6.61 Å². The molecule has 0 aliphatic heterocycles. The molecule has 0 amide bonds. The van der Waals surface area contributed by atoms with Crippen molar-refractivity contribution in [2.45, 2.75) is 26.4 Å². The van der Waals surface area contributed by atoms with E-state index in [1.807, 2.05) is 6.92 Å². The molecule has 3 nitrogen and oxygen atoms in total. The number of carbonyl (C=O) groups is 1. The molecule has 4 heteroatoms. The van der Waals surface area contributed by atoms with E-state index in [-0.39, 0.29) is 5.97 Å². The van der Waals surface area contributed by atoms with Crippen LogP contribution < -0.4 is 4.74 Å². The first-order chi connectivity index (χ1) is 7.63. The van der Waals surface area contributed by atoms with Gasteiger partial charge in [-0.2, -0.15) is 0 Å². The summed E-state index contributed by atoms with van der Waals surface area (Å²) < 4.78 is 10.4. The van der Waals surface area contributed by atoms with Gasteiger partial charge < -0.3 is 9.47 Å². The van der Waals surface area contributed by atoms with E-state index < -0.39 is 6.10 Å². The lowest BCUT2D eigenvalue weighted by Gasteiger charge is -2.13. The quantitative estimate of drug-likeness (QED) is 0.745. The summed E-state index contributed by atoms with van der Waals surface area (Å²) in [6, 6.07) is 6.85. The van der Waals surface area contributed by atoms with E-state index in [1.165, 1.54) is 0 Å². The molecule has 1 aromatic carbocycles. The van der Waals surface area contributed by atoms with Gasteiger partial charge in [0.1, 0.15) is 5.75 Å². The minimum Gasteiger partial charge on any atom is -0.479 e. The Balaban J connectivity index is 2.47. The van der Waals surface area contributed by atoms with Crippen LogP contribution >= 0.6 is 11.6 Å². The molecule has 0 fully saturated rings. The predicted octanol–water partition coefficient (Wildman–Crippen LogP) is 3.06. The molecular weight excluding hydrogens is 228 g/mol. The third-order valence-corrected chi connectivity index (χ3v) is 2.16. The number of ether oxygens (including phenoxy) is 2. The first kappa shape index (κ1) is 12.8. The second-order valence-corrected chi connectivity index (χ2v) is 3.82. The van der Waals surface area contributed by atoms with Gasteiger partial charge in [0.25, 0.3) is 0 Å². The van der Waals surface area contributed by atoms with Crippen LogP contribution in [0, 0.1) is 0 Å². The Hall–Kier alpha value is -1.22. The minimum atomic E-state index is -0.604. The molecule has 0 saturated heterocycles. The molecule has 0 aliphatic rings. The smallest absolute Gasteiger partial charge is 0.347 e. The van der Waals surface area contributed by atoms with Crippen molar-refractivity contribution in [3.8, 4) is 5.75 Å². The number of carbonyl (C=O) groups excluding carboxylic acids is 1. The van der Waals surface area contributed by atoms with Crippen LogP contribution in [0.25, 0.3) is 0 Å². The van der Waals surface area contributed by atoms with E-state index in [0.29, 0.717) is 17.4 Å². The fourth-order valence-electron chi connectivity index (χ4n) is 1.09. The van der Waals surface area contributed by atoms with Gasteiger partial charge in [-0.1, -0.05) is 18.5 Å². The van der Waals surface area contributed by atoms with Crippen LogP contribution in [0.4, 0.5) is 0 Å². The summed E-state index contributed by atoms with van der Waals surface area (Å²) in [7, 11) is 0. The number of rotatable bonds is 5. The van der Waals surface area contributed by atoms with Gasteiger partial charge in [-0.05, 0) is 37.6 Å². The number of hydrogen-bond acceptors (Lipinski definition) is 3. The van der Waals surface area contributed by atoms with Crippen LogP contribution in [-0.4, -0.2) is 18.7 Å². The molecule has 0 saturated carbocycles. The fraction of sp³-hybridized carbons (Fsp3) is 0.417. The average molecular weight is 243 g/mol. The maximum atomic E-state index is 11.4. The third kappa shape index (κ3) is 4.11. The normalized spacial score (nSPS) is 11.9. The summed E-state index contributed by atoms with van der Waals surface area (Å²) in [4.78, 5) is 11.4. The summed E-state index contributed by atoms with van der Waals surface area (Å²) >= 11 is 5.73. The summed E-state index contributed by atoms with van der Waals surface area (Å²) in [5, 5.41) is 0.633. The Labute approximate surface area is 100 Å². The van der Waals surface area contributed by atoms with Crippen molar-refractivity contribution in [2.24, 2.45) is 0 Å². The van der Waals surface area contributed by atoms with E-state index in [1.54, 1.807) is 31.2 Å². The summed E-state index contributed by atoms with van der Waals surface area (Å²) in [5.74, 6) is 0.252. The number of halogens is 1. The number of benzene rings is 1. The molecule has 0 radical (unpaired) electrons. The van der Waals surface area contributed by atoms with Crippen molar-refractivity contribution in [1.82, 2.24) is 0 Å². The first-order valence-electron chi connectivity index (χ1n) is 5.22. The molecule has 0 N–H and O–H groups in total. The molecule has 0 bridgehead atoms. The summed E-state index contributed by atoms with van der Waals surface area (Å²) in [6.07, 6.45) is 0.201. The number of esters is 1. The second-order valence-electron chi connectivity index (χ2n) is 3.38. The van der Waals surface area contributed by atoms with Crippen LogP contribution in [0.1, 0.15) is 20.3 Å². The molecule has 1 aromatic rings. The van der Waals surface area contributed by atoms with E-state index in [0.717, 1.165) is 6.42 Å². The lowest BCUT2D eigenvalue weighted by atomic mass is 10.3. The monoisotopic (exact) mass is 242 g/mol. The van der Waals surface area contributed by atoms with E-state index in [4.69, 9.17) is 21.1 Å². The highest BCUT2D eigenvalue weighted by Gasteiger charge is 2.15. The van der Waals surface area contributed by atoms with Gasteiger partial charge in [0.15, 0.2) is 6.10 Å². The molecule has 88 valence electrons. The van der Waals surface area contributed by atoms with Gasteiger partial charge in [-0.15, -0.1) is 0 Å². The standard InChI is InChI=1S/C12H15ClO3/c1-3-8-15-12(14)9(2)16-11-6-4-10(13)5-7-11/h4-7,9H,3,8H2,1-2H3. The molecular formula is C12H15ClO3. The van der Waals surface area contributed by atoms with Crippen molar-refractivity contribution in [1.29, 1.82) is 0 Å². The van der Waals surface area contributed by atoms with Crippen molar-refractivity contribution in [3.63, 3.8) is 0 Å². The Kier molecular flexibility index (Phi) is 5.12. The van der Waals surface area contributed by atoms with Crippen LogP contribution in [0.3, 0.4) is 0 Å². The third-order valence-electron chi connectivity index (χ3n) is 1.91. The van der Waals surface area contributed by atoms with Crippen LogP contribution in [0.5, 0.6) is 5.75 Å². The van der Waals surface area contributed by atoms with Crippen molar-refractivity contribution in [3.05, 3.63) is 29.3 Å². The van der Waals surface area contributed by atoms with Crippen molar-refractivity contribution < 1.29 is 14.3 Å². The first-order valence-corrected chi connectivity index (χ1v) is 5.60. The van der Waals surface area contributed by atoms with Crippen LogP contribution in [0.2, 0.25) is 5.02 Å². The Bertz CT molecular complexity index is 335. The summed E-state index contributed by atoms with van der Waals surface area (Å²) in [6.45, 7) is 4.03. The van der Waals surface area contributed by atoms with E-state index in [2.05, 4.69) is 0 Å². The van der Waals surface area contributed by atoms with Gasteiger partial charge in [0.2, 0.25) is 0 Å². The van der Waals surface area contributed by atoms with Crippen LogP contribution in [0.15, 0.2) is 24.3 Å². The highest BCUT2D eigenvalue weighted by Crippen LogP contribution is 2.17. The molecule has 1 unspecified atom stereocenters. The minimum absolute atomic E-state index is 0.350. The molecule has 0 spiro atoms. The van der Waals surface area contributed by atoms with Gasteiger partial charge >= 0.3 is 5.97 Å². The highest BCUT2D eigenvalue weighted by molar-refractivity contribution is 6.30. The zero-order chi connectivity index (χ0) is 12.0. The Morgan fingerprint density at radius 3 is 2.56 bits per heavy atom. The zero-order valence-corrected chi connectivity index (χ0v) is 10.2. The van der Waals surface area contributed by atoms with E-state index >= 15 is 0 Å². The number of hydrogen-bond donors (Lipinski definition) is 0.